The highest BCUT2D eigenvalue weighted by Crippen LogP contribution is 2.11. The molecule has 0 aliphatic rings. The number of nitrogens with one attached hydrogen (secondary N) is 1. The van der Waals surface area contributed by atoms with Gasteiger partial charge in [0.15, 0.2) is 0 Å². The third-order valence-corrected chi connectivity index (χ3v) is 2.91. The number of hydrogen-bond acceptors (Lipinski definition) is 4. The van der Waals surface area contributed by atoms with Gasteiger partial charge < -0.3 is 5.32 Å². The first-order valence-electron chi connectivity index (χ1n) is 4.86. The number of pyridine rings is 1. The van der Waals surface area contributed by atoms with Crippen molar-refractivity contribution in [3.8, 4) is 0 Å². The topological polar surface area (TPSA) is 54.9 Å². The van der Waals surface area contributed by atoms with Gasteiger partial charge in [-0.2, -0.15) is 0 Å². The Morgan fingerprint density at radius 2 is 2.31 bits per heavy atom. The number of nitrogens with zero attached hydrogens (tertiary/aromatic N) is 2. The van der Waals surface area contributed by atoms with Crippen LogP contribution in [0, 0.1) is 6.92 Å². The molecule has 16 heavy (non-hydrogen) atoms. The van der Waals surface area contributed by atoms with Crippen LogP contribution < -0.4 is 5.32 Å². The quantitative estimate of drug-likeness (QED) is 0.879. The van der Waals surface area contributed by atoms with E-state index in [0.717, 1.165) is 10.7 Å². The number of amides is 1. The van der Waals surface area contributed by atoms with E-state index in [2.05, 4.69) is 15.3 Å². The molecule has 2 aromatic rings. The molecule has 1 amide bonds. The SMILES string of the molecule is Cc1ncc(C(=O)NCc2ccccn2)s1. The number of thiazole rings is 1. The Labute approximate surface area is 97.4 Å². The minimum atomic E-state index is -0.101. The molecule has 2 rings (SSSR count). The fourth-order valence-corrected chi connectivity index (χ4v) is 1.92. The Hall–Kier alpha value is -1.75. The number of aryl methyl sites for hydroxylation is 1. The molecular formula is C11H11N3OS. The summed E-state index contributed by atoms with van der Waals surface area (Å²) >= 11 is 1.39. The van der Waals surface area contributed by atoms with Crippen LogP contribution in [0.25, 0.3) is 0 Å². The van der Waals surface area contributed by atoms with Gasteiger partial charge in [0.05, 0.1) is 23.4 Å². The van der Waals surface area contributed by atoms with E-state index in [1.807, 2.05) is 25.1 Å². The second-order valence-corrected chi connectivity index (χ2v) is 4.48. The van der Waals surface area contributed by atoms with E-state index in [1.54, 1.807) is 12.4 Å². The van der Waals surface area contributed by atoms with Crippen LogP contribution in [-0.4, -0.2) is 15.9 Å². The number of carbonyl (C=O) groups is 1. The fourth-order valence-electron chi connectivity index (χ4n) is 1.23. The first kappa shape index (κ1) is 10.8. The van der Waals surface area contributed by atoms with Crippen molar-refractivity contribution in [2.24, 2.45) is 0 Å². The van der Waals surface area contributed by atoms with Crippen molar-refractivity contribution in [2.75, 3.05) is 0 Å². The van der Waals surface area contributed by atoms with Gasteiger partial charge in [-0.15, -0.1) is 11.3 Å². The smallest absolute Gasteiger partial charge is 0.263 e. The van der Waals surface area contributed by atoms with Gasteiger partial charge in [-0.1, -0.05) is 6.07 Å². The maximum Gasteiger partial charge on any atom is 0.263 e. The summed E-state index contributed by atoms with van der Waals surface area (Å²) in [6.07, 6.45) is 3.30. The van der Waals surface area contributed by atoms with Gasteiger partial charge in [0.1, 0.15) is 4.88 Å². The molecular weight excluding hydrogens is 222 g/mol. The molecule has 0 aliphatic heterocycles. The molecule has 0 unspecified atom stereocenters. The van der Waals surface area contributed by atoms with E-state index < -0.39 is 0 Å². The standard InChI is InChI=1S/C11H11N3OS/c1-8-13-7-10(16-8)11(15)14-6-9-4-2-3-5-12-9/h2-5,7H,6H2,1H3,(H,14,15). The summed E-state index contributed by atoms with van der Waals surface area (Å²) in [4.78, 5) is 20.5. The predicted molar refractivity (Wildman–Crippen MR) is 62.3 cm³/mol. The van der Waals surface area contributed by atoms with Crippen LogP contribution in [-0.2, 0) is 6.54 Å². The highest BCUT2D eigenvalue weighted by molar-refractivity contribution is 7.13. The van der Waals surface area contributed by atoms with Crippen molar-refractivity contribution in [3.05, 3.63) is 46.2 Å². The van der Waals surface area contributed by atoms with E-state index in [1.165, 1.54) is 11.3 Å². The van der Waals surface area contributed by atoms with Gasteiger partial charge in [0, 0.05) is 6.20 Å². The van der Waals surface area contributed by atoms with E-state index >= 15 is 0 Å². The molecule has 0 radical (unpaired) electrons. The van der Waals surface area contributed by atoms with E-state index in [4.69, 9.17) is 0 Å². The first-order valence-corrected chi connectivity index (χ1v) is 5.68. The van der Waals surface area contributed by atoms with Gasteiger partial charge in [0.25, 0.3) is 5.91 Å². The molecule has 5 heteroatoms. The molecule has 4 nitrogen and oxygen atoms in total. The van der Waals surface area contributed by atoms with Gasteiger partial charge in [-0.05, 0) is 19.1 Å². The highest BCUT2D eigenvalue weighted by atomic mass is 32.1. The molecule has 1 N–H and O–H groups in total. The van der Waals surface area contributed by atoms with Gasteiger partial charge in [-0.3, -0.25) is 9.78 Å². The van der Waals surface area contributed by atoms with E-state index in [9.17, 15) is 4.79 Å². The second-order valence-electron chi connectivity index (χ2n) is 3.25. The zero-order chi connectivity index (χ0) is 11.4. The molecule has 0 atom stereocenters. The zero-order valence-electron chi connectivity index (χ0n) is 8.80. The Morgan fingerprint density at radius 1 is 1.44 bits per heavy atom. The summed E-state index contributed by atoms with van der Waals surface area (Å²) in [5.41, 5.74) is 0.845. The Morgan fingerprint density at radius 3 is 2.94 bits per heavy atom. The molecule has 2 aromatic heterocycles. The van der Waals surface area contributed by atoms with Crippen molar-refractivity contribution in [3.63, 3.8) is 0 Å². The Bertz CT molecular complexity index is 481. The van der Waals surface area contributed by atoms with Crippen LogP contribution in [0.2, 0.25) is 0 Å². The number of aromatic nitrogens is 2. The van der Waals surface area contributed by atoms with Crippen LogP contribution >= 0.6 is 11.3 Å². The largest absolute Gasteiger partial charge is 0.346 e. The van der Waals surface area contributed by atoms with Crippen LogP contribution in [0.4, 0.5) is 0 Å². The van der Waals surface area contributed by atoms with Crippen molar-refractivity contribution in [1.82, 2.24) is 15.3 Å². The third-order valence-electron chi connectivity index (χ3n) is 2.00. The first-order chi connectivity index (χ1) is 7.75. The molecule has 0 spiro atoms. The normalized spacial score (nSPS) is 10.1. The lowest BCUT2D eigenvalue weighted by Crippen LogP contribution is -2.22. The van der Waals surface area contributed by atoms with E-state index in [-0.39, 0.29) is 5.91 Å². The summed E-state index contributed by atoms with van der Waals surface area (Å²) in [6.45, 7) is 2.32. The van der Waals surface area contributed by atoms with Crippen molar-refractivity contribution < 1.29 is 4.79 Å². The Balaban J connectivity index is 1.94. The molecule has 0 saturated carbocycles. The summed E-state index contributed by atoms with van der Waals surface area (Å²) in [6, 6.07) is 5.61. The number of hydrogen-bond donors (Lipinski definition) is 1. The zero-order valence-corrected chi connectivity index (χ0v) is 9.62. The molecule has 0 saturated heterocycles. The lowest BCUT2D eigenvalue weighted by molar-refractivity contribution is 0.0954. The van der Waals surface area contributed by atoms with Crippen LogP contribution in [0.3, 0.4) is 0 Å². The van der Waals surface area contributed by atoms with Gasteiger partial charge >= 0.3 is 0 Å². The minimum Gasteiger partial charge on any atom is -0.346 e. The van der Waals surface area contributed by atoms with E-state index in [0.29, 0.717) is 11.4 Å². The van der Waals surface area contributed by atoms with Gasteiger partial charge in [0.2, 0.25) is 0 Å². The van der Waals surface area contributed by atoms with Crippen molar-refractivity contribution >= 4 is 17.2 Å². The van der Waals surface area contributed by atoms with Gasteiger partial charge in [-0.25, -0.2) is 4.98 Å². The molecule has 0 aromatic carbocycles. The molecule has 0 fully saturated rings. The summed E-state index contributed by atoms with van der Waals surface area (Å²) < 4.78 is 0. The summed E-state index contributed by atoms with van der Waals surface area (Å²) in [7, 11) is 0. The lowest BCUT2D eigenvalue weighted by atomic mass is 10.3. The van der Waals surface area contributed by atoms with Crippen LogP contribution in [0.5, 0.6) is 0 Å². The summed E-state index contributed by atoms with van der Waals surface area (Å²) in [5.74, 6) is -0.101. The molecule has 0 aliphatic carbocycles. The van der Waals surface area contributed by atoms with Crippen LogP contribution in [0.1, 0.15) is 20.4 Å². The fraction of sp³-hybridized carbons (Fsp3) is 0.182. The van der Waals surface area contributed by atoms with Crippen molar-refractivity contribution in [2.45, 2.75) is 13.5 Å². The highest BCUT2D eigenvalue weighted by Gasteiger charge is 2.08. The average molecular weight is 233 g/mol. The van der Waals surface area contributed by atoms with Crippen molar-refractivity contribution in [1.29, 1.82) is 0 Å². The predicted octanol–water partition coefficient (Wildman–Crippen LogP) is 1.78. The molecule has 2 heterocycles. The minimum absolute atomic E-state index is 0.101. The maximum atomic E-state index is 11.7. The number of carbonyl (C=O) groups excluding carboxylic acids is 1. The second kappa shape index (κ2) is 4.85. The third kappa shape index (κ3) is 2.64. The Kier molecular flexibility index (Phi) is 3.26. The molecule has 0 bridgehead atoms. The monoisotopic (exact) mass is 233 g/mol. The molecule has 82 valence electrons. The lowest BCUT2D eigenvalue weighted by Gasteiger charge is -2.01. The maximum absolute atomic E-state index is 11.7. The van der Waals surface area contributed by atoms with Crippen LogP contribution in [0.15, 0.2) is 30.6 Å². The number of rotatable bonds is 3. The average Bonchev–Trinajstić information content (AvgIpc) is 2.74. The summed E-state index contributed by atoms with van der Waals surface area (Å²) in [5, 5.41) is 3.69.